The van der Waals surface area contributed by atoms with E-state index >= 15 is 0 Å². The first-order chi connectivity index (χ1) is 14.7. The first-order valence-electron chi connectivity index (χ1n) is 9.45. The van der Waals surface area contributed by atoms with Crippen LogP contribution in [0.1, 0.15) is 5.56 Å². The van der Waals surface area contributed by atoms with Crippen LogP contribution in [-0.2, 0) is 11.0 Å². The van der Waals surface area contributed by atoms with Crippen LogP contribution in [0.2, 0.25) is 0 Å². The first-order valence-corrected chi connectivity index (χ1v) is 9.45. The van der Waals surface area contributed by atoms with Gasteiger partial charge in [-0.2, -0.15) is 13.2 Å². The fourth-order valence-corrected chi connectivity index (χ4v) is 3.43. The van der Waals surface area contributed by atoms with Crippen molar-refractivity contribution in [2.45, 2.75) is 6.18 Å². The smallest absolute Gasteiger partial charge is 0.418 e. The van der Waals surface area contributed by atoms with Crippen molar-refractivity contribution >= 4 is 23.0 Å². The zero-order chi connectivity index (χ0) is 22.6. The van der Waals surface area contributed by atoms with E-state index in [1.807, 2.05) is 4.90 Å². The number of alkyl halides is 3. The number of methoxy groups -OCH3 is 1. The third kappa shape index (κ3) is 5.43. The fourth-order valence-electron chi connectivity index (χ4n) is 3.43. The number of hydrogen-bond donors (Lipinski definition) is 1. The quantitative estimate of drug-likeness (QED) is 0.550. The van der Waals surface area contributed by atoms with Gasteiger partial charge >= 0.3 is 6.18 Å². The van der Waals surface area contributed by atoms with Crippen LogP contribution >= 0.6 is 0 Å². The lowest BCUT2D eigenvalue weighted by Gasteiger charge is -2.36. The Kier molecular flexibility index (Phi) is 6.64. The summed E-state index contributed by atoms with van der Waals surface area (Å²) in [4.78, 5) is 25.7. The van der Waals surface area contributed by atoms with Gasteiger partial charge in [0.05, 0.1) is 29.8 Å². The first kappa shape index (κ1) is 22.3. The van der Waals surface area contributed by atoms with E-state index in [0.29, 0.717) is 30.6 Å². The van der Waals surface area contributed by atoms with E-state index in [1.54, 1.807) is 24.3 Å². The number of piperazine rings is 1. The van der Waals surface area contributed by atoms with Crippen molar-refractivity contribution in [1.29, 1.82) is 0 Å². The van der Waals surface area contributed by atoms with Gasteiger partial charge in [-0.25, -0.2) is 0 Å². The maximum Gasteiger partial charge on any atom is 0.418 e. The summed E-state index contributed by atoms with van der Waals surface area (Å²) < 4.78 is 45.5. The summed E-state index contributed by atoms with van der Waals surface area (Å²) in [7, 11) is 1.50. The van der Waals surface area contributed by atoms with Gasteiger partial charge in [0.1, 0.15) is 5.75 Å². The molecule has 1 fully saturated rings. The Labute approximate surface area is 176 Å². The largest absolute Gasteiger partial charge is 0.495 e. The number of nitro benzene ring substituents is 1. The minimum absolute atomic E-state index is 0.0816. The second-order valence-electron chi connectivity index (χ2n) is 6.97. The predicted molar refractivity (Wildman–Crippen MR) is 108 cm³/mol. The molecule has 0 atom stereocenters. The third-order valence-electron chi connectivity index (χ3n) is 4.96. The molecular weight excluding hydrogens is 417 g/mol. The van der Waals surface area contributed by atoms with Crippen LogP contribution in [0.15, 0.2) is 42.5 Å². The standard InChI is InChI=1S/C20H21F3N4O4/c1-31-18-5-3-2-4-16(18)24-19(28)13-25-8-10-26(11-9-25)17-7-6-14(27(29)30)12-15(17)20(21,22)23/h2-7,12H,8-11,13H2,1H3,(H,24,28). The number of nitrogens with zero attached hydrogens (tertiary/aromatic N) is 3. The number of non-ortho nitro benzene ring substituents is 1. The maximum atomic E-state index is 13.4. The van der Waals surface area contributed by atoms with Crippen LogP contribution in [0.3, 0.4) is 0 Å². The highest BCUT2D eigenvalue weighted by Gasteiger charge is 2.37. The van der Waals surface area contributed by atoms with Crippen LogP contribution < -0.4 is 15.0 Å². The fraction of sp³-hybridized carbons (Fsp3) is 0.350. The summed E-state index contributed by atoms with van der Waals surface area (Å²) in [6.07, 6.45) is -4.72. The summed E-state index contributed by atoms with van der Waals surface area (Å²) in [5.41, 5.74) is -1.21. The molecule has 1 N–H and O–H groups in total. The summed E-state index contributed by atoms with van der Waals surface area (Å²) in [6.45, 7) is 1.32. The van der Waals surface area contributed by atoms with E-state index in [4.69, 9.17) is 4.74 Å². The van der Waals surface area contributed by atoms with Gasteiger partial charge in [0.25, 0.3) is 5.69 Å². The lowest BCUT2D eigenvalue weighted by molar-refractivity contribution is -0.385. The number of para-hydroxylation sites is 2. The van der Waals surface area contributed by atoms with E-state index in [1.165, 1.54) is 12.0 Å². The van der Waals surface area contributed by atoms with Crippen LogP contribution in [0.4, 0.5) is 30.2 Å². The molecule has 31 heavy (non-hydrogen) atoms. The van der Waals surface area contributed by atoms with Crippen LogP contribution in [0.5, 0.6) is 5.75 Å². The molecule has 3 rings (SSSR count). The highest BCUT2D eigenvalue weighted by molar-refractivity contribution is 5.93. The van der Waals surface area contributed by atoms with Gasteiger partial charge in [0.15, 0.2) is 0 Å². The summed E-state index contributed by atoms with van der Waals surface area (Å²) in [6, 6.07) is 9.73. The van der Waals surface area contributed by atoms with Gasteiger partial charge in [-0.3, -0.25) is 19.8 Å². The molecule has 0 saturated carbocycles. The zero-order valence-electron chi connectivity index (χ0n) is 16.7. The number of benzene rings is 2. The molecule has 1 amide bonds. The van der Waals surface area contributed by atoms with Gasteiger partial charge in [0, 0.05) is 44.0 Å². The van der Waals surface area contributed by atoms with E-state index in [9.17, 15) is 28.1 Å². The predicted octanol–water partition coefficient (Wildman–Crippen LogP) is 3.38. The third-order valence-corrected chi connectivity index (χ3v) is 4.96. The van der Waals surface area contributed by atoms with Crippen LogP contribution in [0, 0.1) is 10.1 Å². The molecule has 2 aromatic carbocycles. The van der Waals surface area contributed by atoms with Gasteiger partial charge in [-0.15, -0.1) is 0 Å². The van der Waals surface area contributed by atoms with Crippen molar-refractivity contribution in [3.63, 3.8) is 0 Å². The number of hydrogen-bond acceptors (Lipinski definition) is 6. The topological polar surface area (TPSA) is 88.0 Å². The van der Waals surface area contributed by atoms with Crippen molar-refractivity contribution in [1.82, 2.24) is 4.90 Å². The summed E-state index contributed by atoms with van der Waals surface area (Å²) >= 11 is 0. The van der Waals surface area contributed by atoms with Gasteiger partial charge < -0.3 is 15.0 Å². The normalized spacial score (nSPS) is 14.9. The summed E-state index contributed by atoms with van der Waals surface area (Å²) in [5, 5.41) is 13.6. The highest BCUT2D eigenvalue weighted by Crippen LogP contribution is 2.39. The Morgan fingerprint density at radius 1 is 1.16 bits per heavy atom. The van der Waals surface area contributed by atoms with E-state index in [-0.39, 0.29) is 31.2 Å². The molecule has 1 heterocycles. The zero-order valence-corrected chi connectivity index (χ0v) is 16.7. The molecule has 0 bridgehead atoms. The lowest BCUT2D eigenvalue weighted by atomic mass is 10.1. The maximum absolute atomic E-state index is 13.4. The Balaban J connectivity index is 1.63. The highest BCUT2D eigenvalue weighted by atomic mass is 19.4. The average molecular weight is 438 g/mol. The molecule has 0 spiro atoms. The monoisotopic (exact) mass is 438 g/mol. The van der Waals surface area contributed by atoms with Gasteiger partial charge in [-0.1, -0.05) is 12.1 Å². The molecule has 11 heteroatoms. The molecule has 166 valence electrons. The molecule has 8 nitrogen and oxygen atoms in total. The minimum atomic E-state index is -4.72. The van der Waals surface area contributed by atoms with E-state index in [0.717, 1.165) is 12.1 Å². The average Bonchev–Trinajstić information content (AvgIpc) is 2.73. The van der Waals surface area contributed by atoms with Crippen LogP contribution in [-0.4, -0.2) is 55.6 Å². The Morgan fingerprint density at radius 2 is 1.84 bits per heavy atom. The number of halogens is 3. The van der Waals surface area contributed by atoms with Crippen molar-refractivity contribution in [3.05, 3.63) is 58.1 Å². The second-order valence-corrected chi connectivity index (χ2v) is 6.97. The number of ether oxygens (including phenoxy) is 1. The molecule has 0 aromatic heterocycles. The molecule has 0 radical (unpaired) electrons. The summed E-state index contributed by atoms with van der Waals surface area (Å²) in [5.74, 6) is 0.266. The minimum Gasteiger partial charge on any atom is -0.495 e. The number of nitrogens with one attached hydrogen (secondary N) is 1. The van der Waals surface area contributed by atoms with Crippen LogP contribution in [0.25, 0.3) is 0 Å². The molecule has 1 aliphatic rings. The SMILES string of the molecule is COc1ccccc1NC(=O)CN1CCN(c2ccc([N+](=O)[O-])cc2C(F)(F)F)CC1. The Hall–Kier alpha value is -3.34. The molecule has 1 aliphatic heterocycles. The van der Waals surface area contributed by atoms with Crippen molar-refractivity contribution in [2.75, 3.05) is 50.1 Å². The number of carbonyl (C=O) groups excluding carboxylic acids is 1. The molecule has 2 aromatic rings. The Morgan fingerprint density at radius 3 is 2.45 bits per heavy atom. The molecular formula is C20H21F3N4O4. The molecule has 1 saturated heterocycles. The second kappa shape index (κ2) is 9.21. The van der Waals surface area contributed by atoms with E-state index in [2.05, 4.69) is 5.32 Å². The molecule has 0 unspecified atom stereocenters. The van der Waals surface area contributed by atoms with Gasteiger partial charge in [0.2, 0.25) is 5.91 Å². The van der Waals surface area contributed by atoms with Crippen molar-refractivity contribution < 1.29 is 27.6 Å². The Bertz CT molecular complexity index is 960. The lowest BCUT2D eigenvalue weighted by Crippen LogP contribution is -2.49. The number of carbonyl (C=O) groups is 1. The van der Waals surface area contributed by atoms with E-state index < -0.39 is 22.4 Å². The number of nitro groups is 1. The number of amides is 1. The van der Waals surface area contributed by atoms with Crippen molar-refractivity contribution in [2.24, 2.45) is 0 Å². The van der Waals surface area contributed by atoms with Crippen molar-refractivity contribution in [3.8, 4) is 5.75 Å². The molecule has 0 aliphatic carbocycles. The van der Waals surface area contributed by atoms with Gasteiger partial charge in [-0.05, 0) is 18.2 Å². The number of rotatable bonds is 6. The number of anilines is 2.